The Kier molecular flexibility index (Phi) is 4.01. The summed E-state index contributed by atoms with van der Waals surface area (Å²) in [5, 5.41) is 0. The lowest BCUT2D eigenvalue weighted by molar-refractivity contribution is 0.336. The maximum absolute atomic E-state index is 4.57. The van der Waals surface area contributed by atoms with Crippen molar-refractivity contribution < 1.29 is 4.84 Å². The fourth-order valence-electron chi connectivity index (χ4n) is 0.118. The maximum atomic E-state index is 4.57. The summed E-state index contributed by atoms with van der Waals surface area (Å²) in [6.07, 6.45) is 1.21. The monoisotopic (exact) mass is 88.1 g/mol. The average Bonchev–Trinajstić information content (AvgIpc) is 1.61. The summed E-state index contributed by atoms with van der Waals surface area (Å²) in [5.74, 6) is 4.57. The average molecular weight is 88.1 g/mol. The second-order valence-corrected chi connectivity index (χ2v) is 0.740. The van der Waals surface area contributed by atoms with Crippen molar-refractivity contribution >= 4 is 6.40 Å². The van der Waals surface area contributed by atoms with Crippen LogP contribution in [0, 0.1) is 0 Å². The fraction of sp³-hybridized carbons (Fsp3) is 0.667. The molecule has 6 heavy (non-hydrogen) atoms. The lowest BCUT2D eigenvalue weighted by atomic mass is 10.8. The number of nitrogens with zero attached hydrogens (tertiary/aromatic N) is 1. The van der Waals surface area contributed by atoms with Crippen molar-refractivity contribution in [3.63, 3.8) is 0 Å². The number of rotatable bonds is 2. The Morgan fingerprint density at radius 3 is 2.83 bits per heavy atom. The molecule has 0 atom stereocenters. The van der Waals surface area contributed by atoms with Crippen molar-refractivity contribution in [2.45, 2.75) is 6.92 Å². The van der Waals surface area contributed by atoms with Gasteiger partial charge in [0.15, 0.2) is 6.40 Å². The molecular weight excluding hydrogens is 80.0 g/mol. The Bertz CT molecular complexity index is 38.1. The molecule has 0 aromatic heterocycles. The highest BCUT2D eigenvalue weighted by molar-refractivity contribution is 5.45. The molecule has 0 spiro atoms. The summed E-state index contributed by atoms with van der Waals surface area (Å²) in [6.45, 7) is 2.62. The molecule has 0 bridgehead atoms. The highest BCUT2D eigenvalue weighted by Crippen LogP contribution is 1.58. The summed E-state index contributed by atoms with van der Waals surface area (Å²) < 4.78 is 0. The van der Waals surface area contributed by atoms with Crippen LogP contribution in [0.4, 0.5) is 0 Å². The van der Waals surface area contributed by atoms with Gasteiger partial charge in [-0.15, -0.1) is 0 Å². The molecule has 0 amide bonds. The number of aliphatic imine (C=N–C) groups is 1. The first-order valence-corrected chi connectivity index (χ1v) is 1.75. The fourth-order valence-corrected chi connectivity index (χ4v) is 0.118. The number of nitrogens with two attached hydrogens (primary N) is 1. The van der Waals surface area contributed by atoms with Crippen molar-refractivity contribution in [3.05, 3.63) is 0 Å². The first-order valence-electron chi connectivity index (χ1n) is 1.75. The van der Waals surface area contributed by atoms with Crippen molar-refractivity contribution in [2.75, 3.05) is 6.54 Å². The van der Waals surface area contributed by atoms with E-state index in [1.165, 1.54) is 6.40 Å². The van der Waals surface area contributed by atoms with Gasteiger partial charge in [-0.05, 0) is 6.92 Å². The SMILES string of the molecule is CC/N=C\ON. The van der Waals surface area contributed by atoms with Gasteiger partial charge in [-0.25, -0.2) is 0 Å². The lowest BCUT2D eigenvalue weighted by Crippen LogP contribution is -1.94. The van der Waals surface area contributed by atoms with Crippen LogP contribution in [0.25, 0.3) is 0 Å². The van der Waals surface area contributed by atoms with Crippen molar-refractivity contribution in [3.8, 4) is 0 Å². The third-order valence-electron chi connectivity index (χ3n) is 0.318. The summed E-state index contributed by atoms with van der Waals surface area (Å²) in [6, 6.07) is 0. The molecule has 0 saturated heterocycles. The normalized spacial score (nSPS) is 9.67. The van der Waals surface area contributed by atoms with Gasteiger partial charge in [0.25, 0.3) is 0 Å². The van der Waals surface area contributed by atoms with Crippen LogP contribution < -0.4 is 5.90 Å². The molecule has 0 unspecified atom stereocenters. The van der Waals surface area contributed by atoms with Crippen molar-refractivity contribution in [2.24, 2.45) is 10.9 Å². The summed E-state index contributed by atoms with van der Waals surface area (Å²) in [4.78, 5) is 7.61. The Balaban J connectivity index is 2.73. The summed E-state index contributed by atoms with van der Waals surface area (Å²) in [7, 11) is 0. The van der Waals surface area contributed by atoms with E-state index < -0.39 is 0 Å². The van der Waals surface area contributed by atoms with Gasteiger partial charge in [-0.2, -0.15) is 5.90 Å². The Hall–Kier alpha value is -0.570. The standard InChI is InChI=1S/C3H8N2O/c1-2-5-3-6-4/h3H,2,4H2,1H3/b5-3-. The molecule has 0 aromatic carbocycles. The van der Waals surface area contributed by atoms with Gasteiger partial charge in [-0.3, -0.25) is 4.99 Å². The summed E-state index contributed by atoms with van der Waals surface area (Å²) >= 11 is 0. The largest absolute Gasteiger partial charge is 0.400 e. The van der Waals surface area contributed by atoms with Crippen LogP contribution in [-0.2, 0) is 4.84 Å². The zero-order chi connectivity index (χ0) is 4.83. The van der Waals surface area contributed by atoms with Crippen LogP contribution in [0.3, 0.4) is 0 Å². The highest BCUT2D eigenvalue weighted by atomic mass is 16.6. The molecule has 0 fully saturated rings. The van der Waals surface area contributed by atoms with Gasteiger partial charge < -0.3 is 4.84 Å². The number of hydrogen-bond donors (Lipinski definition) is 1. The molecule has 0 aliphatic heterocycles. The van der Waals surface area contributed by atoms with Gasteiger partial charge >= 0.3 is 0 Å². The van der Waals surface area contributed by atoms with Gasteiger partial charge in [-0.1, -0.05) is 0 Å². The smallest absolute Gasteiger partial charge is 0.196 e. The van der Waals surface area contributed by atoms with Gasteiger partial charge in [0.05, 0.1) is 0 Å². The zero-order valence-electron chi connectivity index (χ0n) is 3.72. The predicted molar refractivity (Wildman–Crippen MR) is 24.3 cm³/mol. The minimum absolute atomic E-state index is 0.719. The van der Waals surface area contributed by atoms with Gasteiger partial charge in [0, 0.05) is 6.54 Å². The maximum Gasteiger partial charge on any atom is 0.196 e. The van der Waals surface area contributed by atoms with Crippen LogP contribution in [0.2, 0.25) is 0 Å². The van der Waals surface area contributed by atoms with E-state index in [0.717, 1.165) is 6.54 Å². The third-order valence-corrected chi connectivity index (χ3v) is 0.318. The minimum atomic E-state index is 0.719. The third kappa shape index (κ3) is 3.43. The second-order valence-electron chi connectivity index (χ2n) is 0.740. The molecule has 36 valence electrons. The topological polar surface area (TPSA) is 47.6 Å². The van der Waals surface area contributed by atoms with E-state index in [2.05, 4.69) is 15.7 Å². The predicted octanol–water partition coefficient (Wildman–Crippen LogP) is -0.0751. The molecule has 3 heteroatoms. The molecular formula is C3H8N2O. The molecule has 2 N–H and O–H groups in total. The molecule has 0 aromatic rings. The number of hydrogen-bond acceptors (Lipinski definition) is 3. The lowest BCUT2D eigenvalue weighted by Gasteiger charge is -1.79. The molecule has 0 rings (SSSR count). The van der Waals surface area contributed by atoms with Gasteiger partial charge in [0.2, 0.25) is 0 Å². The van der Waals surface area contributed by atoms with Crippen LogP contribution >= 0.6 is 0 Å². The quantitative estimate of drug-likeness (QED) is 0.291. The molecule has 0 heterocycles. The van der Waals surface area contributed by atoms with E-state index in [1.807, 2.05) is 6.92 Å². The van der Waals surface area contributed by atoms with Crippen LogP contribution in [-0.4, -0.2) is 12.9 Å². The molecule has 0 radical (unpaired) electrons. The van der Waals surface area contributed by atoms with Crippen LogP contribution in [0.5, 0.6) is 0 Å². The Morgan fingerprint density at radius 2 is 2.67 bits per heavy atom. The summed E-state index contributed by atoms with van der Waals surface area (Å²) in [5.41, 5.74) is 0. The first-order chi connectivity index (χ1) is 2.91. The minimum Gasteiger partial charge on any atom is -0.400 e. The van der Waals surface area contributed by atoms with Gasteiger partial charge in [0.1, 0.15) is 0 Å². The van der Waals surface area contributed by atoms with Crippen molar-refractivity contribution in [1.29, 1.82) is 0 Å². The molecule has 0 saturated carbocycles. The van der Waals surface area contributed by atoms with Crippen molar-refractivity contribution in [1.82, 2.24) is 0 Å². The first kappa shape index (κ1) is 5.43. The van der Waals surface area contributed by atoms with E-state index in [0.29, 0.717) is 0 Å². The van der Waals surface area contributed by atoms with E-state index in [1.54, 1.807) is 0 Å². The Morgan fingerprint density at radius 1 is 2.00 bits per heavy atom. The van der Waals surface area contributed by atoms with Crippen LogP contribution in [0.1, 0.15) is 6.92 Å². The second kappa shape index (κ2) is 4.43. The zero-order valence-corrected chi connectivity index (χ0v) is 3.72. The van der Waals surface area contributed by atoms with E-state index in [-0.39, 0.29) is 0 Å². The Labute approximate surface area is 36.8 Å². The van der Waals surface area contributed by atoms with E-state index >= 15 is 0 Å². The molecule has 0 aliphatic rings. The molecule has 3 nitrogen and oxygen atoms in total. The highest BCUT2D eigenvalue weighted by Gasteiger charge is 1.58. The van der Waals surface area contributed by atoms with Crippen LogP contribution in [0.15, 0.2) is 4.99 Å². The molecule has 0 aliphatic carbocycles. The van der Waals surface area contributed by atoms with E-state index in [9.17, 15) is 0 Å². The van der Waals surface area contributed by atoms with E-state index in [4.69, 9.17) is 0 Å².